The Kier molecular flexibility index (Phi) is 8.63. The summed E-state index contributed by atoms with van der Waals surface area (Å²) in [6, 6.07) is 14.7. The molecule has 2 N–H and O–H groups in total. The summed E-state index contributed by atoms with van der Waals surface area (Å²) in [5, 5.41) is 14.1. The van der Waals surface area contributed by atoms with Crippen LogP contribution in [-0.2, 0) is 12.8 Å². The van der Waals surface area contributed by atoms with E-state index in [-0.39, 0.29) is 11.8 Å². The van der Waals surface area contributed by atoms with Crippen LogP contribution < -0.4 is 10.1 Å². The van der Waals surface area contributed by atoms with Crippen LogP contribution in [0.3, 0.4) is 0 Å². The van der Waals surface area contributed by atoms with Crippen LogP contribution in [0.4, 0.5) is 22.0 Å². The van der Waals surface area contributed by atoms with Crippen LogP contribution >= 0.6 is 0 Å². The van der Waals surface area contributed by atoms with Crippen molar-refractivity contribution in [2.45, 2.75) is 57.8 Å². The number of hydrogen-bond acceptors (Lipinski definition) is 3. The smallest absolute Gasteiger partial charge is 0.428 e. The lowest BCUT2D eigenvalue weighted by molar-refractivity contribution is -0.253. The fourth-order valence-corrected chi connectivity index (χ4v) is 4.82. The van der Waals surface area contributed by atoms with Crippen molar-refractivity contribution in [1.82, 2.24) is 5.32 Å². The number of carbonyl (C=O) groups is 1. The van der Waals surface area contributed by atoms with Gasteiger partial charge in [0.2, 0.25) is 0 Å². The average Bonchev–Trinajstić information content (AvgIpc) is 3.04. The van der Waals surface area contributed by atoms with E-state index >= 15 is 0 Å². The van der Waals surface area contributed by atoms with Crippen LogP contribution in [0.25, 0.3) is 6.08 Å². The zero-order valence-electron chi connectivity index (χ0n) is 22.0. The van der Waals surface area contributed by atoms with Gasteiger partial charge in [-0.25, -0.2) is 4.39 Å². The van der Waals surface area contributed by atoms with E-state index < -0.39 is 42.2 Å². The first-order valence-electron chi connectivity index (χ1n) is 12.8. The van der Waals surface area contributed by atoms with Crippen molar-refractivity contribution < 1.29 is 36.6 Å². The molecule has 3 aromatic carbocycles. The topological polar surface area (TPSA) is 58.6 Å². The van der Waals surface area contributed by atoms with Crippen LogP contribution in [-0.4, -0.2) is 29.6 Å². The van der Waals surface area contributed by atoms with Gasteiger partial charge in [-0.15, -0.1) is 0 Å². The molecular weight excluding hydrogens is 529 g/mol. The summed E-state index contributed by atoms with van der Waals surface area (Å²) in [7, 11) is 0. The van der Waals surface area contributed by atoms with E-state index in [1.807, 2.05) is 18.2 Å². The van der Waals surface area contributed by atoms with Crippen molar-refractivity contribution in [2.24, 2.45) is 5.41 Å². The Morgan fingerprint density at radius 3 is 2.48 bits per heavy atom. The lowest BCUT2D eigenvalue weighted by Gasteiger charge is -2.26. The van der Waals surface area contributed by atoms with Crippen molar-refractivity contribution in [2.75, 3.05) is 0 Å². The molecule has 0 radical (unpaired) electrons. The minimum absolute atomic E-state index is 0.00632. The molecule has 1 amide bonds. The molecule has 212 valence electrons. The van der Waals surface area contributed by atoms with Crippen LogP contribution in [0.15, 0.2) is 72.8 Å². The van der Waals surface area contributed by atoms with Gasteiger partial charge in [-0.2, -0.15) is 17.6 Å². The third-order valence-corrected chi connectivity index (χ3v) is 6.84. The maximum atomic E-state index is 13.6. The average molecular weight is 560 g/mol. The standard InChI is InChI=1S/C31H30F5NO3/c1-30(2)15-5-10-24-21(18-30)7-4-9-25(24)28(39)37-26(27(38)20-11-13-22(32)14-12-20)17-19-6-3-8-23(16-19)40-31(35,36)29(33)34/h3-14,16,26-27,29,38H,15,17-18H2,1-2H3,(H,37,39). The molecule has 0 aliphatic heterocycles. The second-order valence-electron chi connectivity index (χ2n) is 10.7. The molecule has 2 unspecified atom stereocenters. The highest BCUT2D eigenvalue weighted by Gasteiger charge is 2.44. The Hall–Kier alpha value is -3.72. The quantitative estimate of drug-likeness (QED) is 0.275. The van der Waals surface area contributed by atoms with Gasteiger partial charge in [-0.05, 0) is 77.3 Å². The number of hydrogen-bond donors (Lipinski definition) is 2. The van der Waals surface area contributed by atoms with Crippen molar-refractivity contribution in [1.29, 1.82) is 0 Å². The number of alkyl halides is 4. The molecule has 0 aromatic heterocycles. The molecule has 0 heterocycles. The maximum absolute atomic E-state index is 13.6. The molecule has 4 rings (SSSR count). The van der Waals surface area contributed by atoms with Gasteiger partial charge in [0.1, 0.15) is 11.6 Å². The molecule has 1 aliphatic carbocycles. The first-order chi connectivity index (χ1) is 18.8. The van der Waals surface area contributed by atoms with E-state index in [0.717, 1.165) is 36.1 Å². The molecule has 4 nitrogen and oxygen atoms in total. The third kappa shape index (κ3) is 7.07. The molecule has 3 aromatic rings. The van der Waals surface area contributed by atoms with Gasteiger partial charge in [0, 0.05) is 5.56 Å². The number of allylic oxidation sites excluding steroid dienone is 1. The number of aliphatic hydroxyl groups is 1. The number of nitrogens with one attached hydrogen (secondary N) is 1. The number of rotatable bonds is 9. The van der Waals surface area contributed by atoms with Crippen LogP contribution in [0.5, 0.6) is 5.75 Å². The molecule has 0 bridgehead atoms. The van der Waals surface area contributed by atoms with Crippen molar-refractivity contribution >= 4 is 12.0 Å². The minimum Gasteiger partial charge on any atom is -0.428 e. The Bertz CT molecular complexity index is 1370. The molecule has 2 atom stereocenters. The first-order valence-corrected chi connectivity index (χ1v) is 12.8. The summed E-state index contributed by atoms with van der Waals surface area (Å²) < 4.78 is 70.0. The zero-order valence-corrected chi connectivity index (χ0v) is 22.0. The molecular formula is C31H30F5NO3. The fourth-order valence-electron chi connectivity index (χ4n) is 4.82. The van der Waals surface area contributed by atoms with Gasteiger partial charge in [0.05, 0.1) is 12.1 Å². The van der Waals surface area contributed by atoms with E-state index in [1.165, 1.54) is 36.4 Å². The Morgan fingerprint density at radius 2 is 1.77 bits per heavy atom. The number of ether oxygens (including phenoxy) is 1. The van der Waals surface area contributed by atoms with Gasteiger partial charge >= 0.3 is 12.5 Å². The van der Waals surface area contributed by atoms with Crippen LogP contribution in [0.1, 0.15) is 59.0 Å². The number of aliphatic hydroxyl groups excluding tert-OH is 1. The van der Waals surface area contributed by atoms with Gasteiger partial charge in [-0.3, -0.25) is 4.79 Å². The summed E-state index contributed by atoms with van der Waals surface area (Å²) in [6.07, 6.45) is -4.57. The summed E-state index contributed by atoms with van der Waals surface area (Å²) in [5.74, 6) is -1.47. The highest BCUT2D eigenvalue weighted by Crippen LogP contribution is 2.34. The number of amides is 1. The third-order valence-electron chi connectivity index (χ3n) is 6.84. The monoisotopic (exact) mass is 559 g/mol. The Morgan fingerprint density at radius 1 is 1.07 bits per heavy atom. The van der Waals surface area contributed by atoms with Crippen molar-refractivity contribution in [3.05, 3.63) is 106 Å². The van der Waals surface area contributed by atoms with Crippen LogP contribution in [0, 0.1) is 11.2 Å². The number of benzene rings is 3. The van der Waals surface area contributed by atoms with Crippen molar-refractivity contribution in [3.63, 3.8) is 0 Å². The summed E-state index contributed by atoms with van der Waals surface area (Å²) >= 11 is 0. The Balaban J connectivity index is 1.64. The largest absolute Gasteiger partial charge is 0.461 e. The number of fused-ring (bicyclic) bond motifs is 1. The zero-order chi connectivity index (χ0) is 29.1. The van der Waals surface area contributed by atoms with E-state index in [1.54, 1.807) is 12.1 Å². The molecule has 0 spiro atoms. The predicted octanol–water partition coefficient (Wildman–Crippen LogP) is 7.12. The van der Waals surface area contributed by atoms with Crippen LogP contribution in [0.2, 0.25) is 0 Å². The van der Waals surface area contributed by atoms with Gasteiger partial charge in [-0.1, -0.05) is 62.4 Å². The summed E-state index contributed by atoms with van der Waals surface area (Å²) in [4.78, 5) is 13.6. The number of carbonyl (C=O) groups excluding carboxylic acids is 1. The van der Waals surface area contributed by atoms with Gasteiger partial charge in [0.25, 0.3) is 5.91 Å². The highest BCUT2D eigenvalue weighted by atomic mass is 19.3. The minimum atomic E-state index is -4.69. The molecule has 9 heteroatoms. The van der Waals surface area contributed by atoms with E-state index in [4.69, 9.17) is 0 Å². The predicted molar refractivity (Wildman–Crippen MR) is 142 cm³/mol. The SMILES string of the molecule is CC1(C)CC=Cc2c(cccc2C(=O)NC(Cc2cccc(OC(F)(F)C(F)F)c2)C(O)c2ccc(F)cc2)C1. The molecule has 0 fully saturated rings. The summed E-state index contributed by atoms with van der Waals surface area (Å²) in [5.41, 5.74) is 2.83. The molecule has 0 saturated heterocycles. The molecule has 0 saturated carbocycles. The van der Waals surface area contributed by atoms with Gasteiger partial charge in [0.15, 0.2) is 0 Å². The van der Waals surface area contributed by atoms with E-state index in [0.29, 0.717) is 16.7 Å². The normalized spacial score (nSPS) is 16.1. The lowest BCUT2D eigenvalue weighted by atomic mass is 9.83. The number of halogens is 5. The summed E-state index contributed by atoms with van der Waals surface area (Å²) in [6.45, 7) is 4.28. The lowest BCUT2D eigenvalue weighted by Crippen LogP contribution is -2.41. The fraction of sp³-hybridized carbons (Fsp3) is 0.323. The van der Waals surface area contributed by atoms with Crippen molar-refractivity contribution in [3.8, 4) is 5.75 Å². The second-order valence-corrected chi connectivity index (χ2v) is 10.7. The second kappa shape index (κ2) is 11.8. The highest BCUT2D eigenvalue weighted by molar-refractivity contribution is 5.98. The first kappa shape index (κ1) is 29.3. The van der Waals surface area contributed by atoms with Gasteiger partial charge < -0.3 is 15.2 Å². The molecule has 40 heavy (non-hydrogen) atoms. The maximum Gasteiger partial charge on any atom is 0.461 e. The van der Waals surface area contributed by atoms with E-state index in [2.05, 4.69) is 23.9 Å². The molecule has 1 aliphatic rings. The van der Waals surface area contributed by atoms with E-state index in [9.17, 15) is 31.9 Å². The Labute approximate surface area is 229 Å².